The molecular weight excluding hydrogens is 248 g/mol. The molecule has 0 amide bonds. The molecule has 5 nitrogen and oxygen atoms in total. The van der Waals surface area contributed by atoms with Gasteiger partial charge in [-0.05, 0) is 12.1 Å². The molecule has 0 heterocycles. The molecule has 0 aliphatic heterocycles. The van der Waals surface area contributed by atoms with Crippen LogP contribution in [-0.2, 0) is 9.53 Å². The van der Waals surface area contributed by atoms with Crippen LogP contribution in [0.1, 0.15) is 22.3 Å². The van der Waals surface area contributed by atoms with Gasteiger partial charge in [0.15, 0.2) is 6.29 Å². The summed E-state index contributed by atoms with van der Waals surface area (Å²) in [6, 6.07) is 3.26. The summed E-state index contributed by atoms with van der Waals surface area (Å²) in [6.45, 7) is 0. The zero-order chi connectivity index (χ0) is 14.3. The maximum absolute atomic E-state index is 11.0. The van der Waals surface area contributed by atoms with Crippen LogP contribution in [0.5, 0.6) is 11.5 Å². The second-order valence-electron chi connectivity index (χ2n) is 3.64. The van der Waals surface area contributed by atoms with Gasteiger partial charge in [0.25, 0.3) is 0 Å². The summed E-state index contributed by atoms with van der Waals surface area (Å²) in [5.41, 5.74) is 1.12. The third-order valence-corrected chi connectivity index (χ3v) is 2.52. The molecule has 0 saturated heterocycles. The van der Waals surface area contributed by atoms with E-state index in [9.17, 15) is 9.59 Å². The topological polar surface area (TPSA) is 61.8 Å². The van der Waals surface area contributed by atoms with E-state index in [1.807, 2.05) is 0 Å². The van der Waals surface area contributed by atoms with E-state index >= 15 is 0 Å². The van der Waals surface area contributed by atoms with Gasteiger partial charge in [-0.25, -0.2) is 0 Å². The van der Waals surface area contributed by atoms with Gasteiger partial charge in [0.2, 0.25) is 0 Å². The summed E-state index contributed by atoms with van der Waals surface area (Å²) in [7, 11) is 4.32. The molecule has 0 fully saturated rings. The average molecular weight is 264 g/mol. The van der Waals surface area contributed by atoms with Gasteiger partial charge in [-0.1, -0.05) is 12.2 Å². The van der Waals surface area contributed by atoms with Gasteiger partial charge in [0, 0.05) is 5.56 Å². The second kappa shape index (κ2) is 7.20. The smallest absolute Gasteiger partial charge is 0.309 e. The van der Waals surface area contributed by atoms with Crippen LogP contribution >= 0.6 is 0 Å². The van der Waals surface area contributed by atoms with E-state index in [0.29, 0.717) is 28.9 Å². The summed E-state index contributed by atoms with van der Waals surface area (Å²) in [6.07, 6.45) is 4.23. The summed E-state index contributed by atoms with van der Waals surface area (Å²) in [5, 5.41) is 0. The zero-order valence-electron chi connectivity index (χ0n) is 11.1. The molecule has 0 aliphatic rings. The molecule has 1 aromatic rings. The number of rotatable bonds is 6. The van der Waals surface area contributed by atoms with E-state index in [0.717, 1.165) is 0 Å². The molecule has 0 N–H and O–H groups in total. The van der Waals surface area contributed by atoms with Crippen molar-refractivity contribution in [3.05, 3.63) is 29.3 Å². The lowest BCUT2D eigenvalue weighted by Gasteiger charge is -2.09. The molecule has 102 valence electrons. The van der Waals surface area contributed by atoms with Crippen molar-refractivity contribution >= 4 is 18.3 Å². The Kier molecular flexibility index (Phi) is 5.60. The predicted molar refractivity (Wildman–Crippen MR) is 70.6 cm³/mol. The third kappa shape index (κ3) is 3.84. The third-order valence-electron chi connectivity index (χ3n) is 2.52. The Morgan fingerprint density at radius 3 is 2.21 bits per heavy atom. The molecule has 0 radical (unpaired) electrons. The number of carbonyl (C=O) groups excluding carboxylic acids is 2. The van der Waals surface area contributed by atoms with Crippen molar-refractivity contribution in [2.75, 3.05) is 21.3 Å². The van der Waals surface area contributed by atoms with Gasteiger partial charge in [-0.2, -0.15) is 0 Å². The fourth-order valence-corrected chi connectivity index (χ4v) is 1.53. The fraction of sp³-hybridized carbons (Fsp3) is 0.286. The first-order valence-corrected chi connectivity index (χ1v) is 5.60. The monoisotopic (exact) mass is 264 g/mol. The minimum atomic E-state index is -0.327. The van der Waals surface area contributed by atoms with Crippen LogP contribution in [0, 0.1) is 0 Å². The summed E-state index contributed by atoms with van der Waals surface area (Å²) in [4.78, 5) is 21.9. The predicted octanol–water partition coefficient (Wildman–Crippen LogP) is 2.09. The largest absolute Gasteiger partial charge is 0.496 e. The SMILES string of the molecule is COC(=O)CC=Cc1cc(OC)c(C=O)cc1OC. The molecular formula is C14H16O5. The number of methoxy groups -OCH3 is 3. The van der Waals surface area contributed by atoms with E-state index in [1.54, 1.807) is 24.3 Å². The maximum atomic E-state index is 11.0. The lowest BCUT2D eigenvalue weighted by molar-refractivity contribution is -0.139. The summed E-state index contributed by atoms with van der Waals surface area (Å²) in [5.74, 6) is 0.657. The fourth-order valence-electron chi connectivity index (χ4n) is 1.53. The number of hydrogen-bond donors (Lipinski definition) is 0. The second-order valence-corrected chi connectivity index (χ2v) is 3.64. The van der Waals surface area contributed by atoms with Crippen LogP contribution in [0.15, 0.2) is 18.2 Å². The lowest BCUT2D eigenvalue weighted by atomic mass is 10.1. The molecule has 0 saturated carbocycles. The molecule has 0 spiro atoms. The summed E-state index contributed by atoms with van der Waals surface area (Å²) < 4.78 is 14.8. The highest BCUT2D eigenvalue weighted by Crippen LogP contribution is 2.28. The van der Waals surface area contributed by atoms with E-state index < -0.39 is 0 Å². The number of esters is 1. The Labute approximate surface area is 111 Å². The van der Waals surface area contributed by atoms with E-state index in [1.165, 1.54) is 21.3 Å². The van der Waals surface area contributed by atoms with E-state index in [-0.39, 0.29) is 12.4 Å². The first-order chi connectivity index (χ1) is 9.15. The first kappa shape index (κ1) is 14.8. The Morgan fingerprint density at radius 2 is 1.68 bits per heavy atom. The van der Waals surface area contributed by atoms with Crippen molar-refractivity contribution in [3.8, 4) is 11.5 Å². The molecule has 19 heavy (non-hydrogen) atoms. The first-order valence-electron chi connectivity index (χ1n) is 5.60. The van der Waals surface area contributed by atoms with Crippen molar-refractivity contribution in [1.82, 2.24) is 0 Å². The van der Waals surface area contributed by atoms with Crippen LogP contribution in [-0.4, -0.2) is 33.6 Å². The van der Waals surface area contributed by atoms with Gasteiger partial charge in [-0.15, -0.1) is 0 Å². The van der Waals surface area contributed by atoms with Gasteiger partial charge in [0.1, 0.15) is 11.5 Å². The van der Waals surface area contributed by atoms with Crippen molar-refractivity contribution < 1.29 is 23.8 Å². The highest BCUT2D eigenvalue weighted by Gasteiger charge is 2.09. The normalized spacial score (nSPS) is 10.3. The van der Waals surface area contributed by atoms with Gasteiger partial charge in [0.05, 0.1) is 33.3 Å². The van der Waals surface area contributed by atoms with Crippen molar-refractivity contribution in [2.24, 2.45) is 0 Å². The number of carbonyl (C=O) groups is 2. The minimum Gasteiger partial charge on any atom is -0.496 e. The number of benzene rings is 1. The van der Waals surface area contributed by atoms with E-state index in [2.05, 4.69) is 4.74 Å². The van der Waals surface area contributed by atoms with Crippen LogP contribution in [0.4, 0.5) is 0 Å². The van der Waals surface area contributed by atoms with Gasteiger partial charge in [-0.3, -0.25) is 9.59 Å². The van der Waals surface area contributed by atoms with Crippen molar-refractivity contribution in [1.29, 1.82) is 0 Å². The molecule has 0 unspecified atom stereocenters. The van der Waals surface area contributed by atoms with Gasteiger partial charge >= 0.3 is 5.97 Å². The van der Waals surface area contributed by atoms with Crippen molar-refractivity contribution in [3.63, 3.8) is 0 Å². The Hall–Kier alpha value is -2.30. The van der Waals surface area contributed by atoms with E-state index in [4.69, 9.17) is 9.47 Å². The van der Waals surface area contributed by atoms with Crippen LogP contribution < -0.4 is 9.47 Å². The Bertz CT molecular complexity index is 491. The molecule has 0 aliphatic carbocycles. The molecule has 0 atom stereocenters. The number of aldehydes is 1. The lowest BCUT2D eigenvalue weighted by Crippen LogP contribution is -1.97. The summed E-state index contributed by atoms with van der Waals surface area (Å²) >= 11 is 0. The minimum absolute atomic E-state index is 0.164. The molecule has 1 aromatic carbocycles. The number of ether oxygens (including phenoxy) is 3. The highest BCUT2D eigenvalue weighted by atomic mass is 16.5. The highest BCUT2D eigenvalue weighted by molar-refractivity contribution is 5.82. The quantitative estimate of drug-likeness (QED) is 0.581. The van der Waals surface area contributed by atoms with Crippen molar-refractivity contribution in [2.45, 2.75) is 6.42 Å². The van der Waals surface area contributed by atoms with Gasteiger partial charge < -0.3 is 14.2 Å². The Morgan fingerprint density at radius 1 is 1.11 bits per heavy atom. The molecule has 0 bridgehead atoms. The van der Waals surface area contributed by atoms with Crippen LogP contribution in [0.2, 0.25) is 0 Å². The van der Waals surface area contributed by atoms with Crippen LogP contribution in [0.3, 0.4) is 0 Å². The molecule has 0 aromatic heterocycles. The molecule has 1 rings (SSSR count). The standard InChI is InChI=1S/C14H16O5/c1-17-12-8-11(9-15)13(18-2)7-10(12)5-4-6-14(16)19-3/h4-5,7-9H,6H2,1-3H3. The zero-order valence-corrected chi connectivity index (χ0v) is 11.1. The average Bonchev–Trinajstić information content (AvgIpc) is 2.46. The maximum Gasteiger partial charge on any atom is 0.309 e. The number of hydrogen-bond acceptors (Lipinski definition) is 5. The Balaban J connectivity index is 3.05. The van der Waals surface area contributed by atoms with Crippen LogP contribution in [0.25, 0.3) is 6.08 Å². The molecule has 5 heteroatoms.